The van der Waals surface area contributed by atoms with Crippen molar-refractivity contribution >= 4 is 17.5 Å². The monoisotopic (exact) mass is 246 g/mol. The van der Waals surface area contributed by atoms with Gasteiger partial charge in [0.2, 0.25) is 0 Å². The lowest BCUT2D eigenvalue weighted by Gasteiger charge is -2.12. The second-order valence-corrected chi connectivity index (χ2v) is 4.97. The first-order valence-corrected chi connectivity index (χ1v) is 6.76. The molecule has 96 valence electrons. The van der Waals surface area contributed by atoms with Crippen molar-refractivity contribution in [2.24, 2.45) is 0 Å². The first-order valence-electron chi connectivity index (χ1n) is 6.76. The maximum Gasteiger partial charge on any atom is 0.137 e. The highest BCUT2D eigenvalue weighted by atomic mass is 16.5. The quantitative estimate of drug-likeness (QED) is 0.750. The van der Waals surface area contributed by atoms with Crippen LogP contribution in [0.5, 0.6) is 0 Å². The number of hydrogen-bond donors (Lipinski definition) is 0. The van der Waals surface area contributed by atoms with Gasteiger partial charge in [-0.25, -0.2) is 0 Å². The van der Waals surface area contributed by atoms with Crippen LogP contribution in [0.4, 0.5) is 0 Å². The molecule has 3 heteroatoms. The number of hydrogen-bond acceptors (Lipinski definition) is 3. The number of furan rings is 2. The van der Waals surface area contributed by atoms with Crippen molar-refractivity contribution in [3.05, 3.63) is 22.8 Å². The van der Waals surface area contributed by atoms with Gasteiger partial charge in [0.05, 0.1) is 12.2 Å². The molecule has 0 spiro atoms. The Balaban J connectivity index is 2.09. The fourth-order valence-corrected chi connectivity index (χ4v) is 3.05. The summed E-state index contributed by atoms with van der Waals surface area (Å²) < 4.78 is 11.9. The van der Waals surface area contributed by atoms with E-state index in [0.717, 1.165) is 42.3 Å². The van der Waals surface area contributed by atoms with E-state index >= 15 is 0 Å². The van der Waals surface area contributed by atoms with Gasteiger partial charge >= 0.3 is 0 Å². The van der Waals surface area contributed by atoms with Crippen molar-refractivity contribution in [3.63, 3.8) is 0 Å². The van der Waals surface area contributed by atoms with Crippen LogP contribution < -0.4 is 0 Å². The molecule has 3 rings (SSSR count). The third-order valence-corrected chi connectivity index (χ3v) is 3.81. The summed E-state index contributed by atoms with van der Waals surface area (Å²) in [6.45, 7) is 4.30. The Hall–Kier alpha value is -1.35. The molecule has 2 aromatic heterocycles. The predicted molar refractivity (Wildman–Crippen MR) is 68.9 cm³/mol. The van der Waals surface area contributed by atoms with Gasteiger partial charge in [0.1, 0.15) is 17.5 Å². The second kappa shape index (κ2) is 4.39. The van der Waals surface area contributed by atoms with Gasteiger partial charge in [-0.05, 0) is 18.9 Å². The van der Waals surface area contributed by atoms with E-state index in [1.54, 1.807) is 0 Å². The van der Waals surface area contributed by atoms with Crippen LogP contribution in [0.25, 0.3) is 11.2 Å². The van der Waals surface area contributed by atoms with E-state index in [1.165, 1.54) is 11.1 Å². The summed E-state index contributed by atoms with van der Waals surface area (Å²) in [5, 5.41) is 0. The third kappa shape index (κ3) is 1.50. The summed E-state index contributed by atoms with van der Waals surface area (Å²) in [7, 11) is 0. The van der Waals surface area contributed by atoms with E-state index < -0.39 is 0 Å². The van der Waals surface area contributed by atoms with Crippen molar-refractivity contribution in [1.29, 1.82) is 0 Å². The van der Waals surface area contributed by atoms with E-state index in [2.05, 4.69) is 13.8 Å². The van der Waals surface area contributed by atoms with E-state index in [-0.39, 0.29) is 12.2 Å². The highest BCUT2D eigenvalue weighted by molar-refractivity contribution is 5.80. The number of aldehydes is 1. The minimum atomic E-state index is 0.151. The van der Waals surface area contributed by atoms with Gasteiger partial charge in [-0.15, -0.1) is 0 Å². The molecule has 0 aliphatic carbocycles. The molecule has 2 bridgehead atoms. The van der Waals surface area contributed by atoms with Crippen LogP contribution in [-0.2, 0) is 16.0 Å². The SMILES string of the molecule is CCCC1OC(CC)c2c1c1oc2cc1CC=O. The van der Waals surface area contributed by atoms with Crippen molar-refractivity contribution in [1.82, 2.24) is 0 Å². The molecule has 2 aromatic rings. The largest absolute Gasteiger partial charge is 0.456 e. The molecule has 0 aromatic carbocycles. The Labute approximate surface area is 106 Å². The van der Waals surface area contributed by atoms with Crippen molar-refractivity contribution in [2.45, 2.75) is 51.7 Å². The summed E-state index contributed by atoms with van der Waals surface area (Å²) in [6, 6.07) is 2.00. The third-order valence-electron chi connectivity index (χ3n) is 3.81. The second-order valence-electron chi connectivity index (χ2n) is 4.97. The van der Waals surface area contributed by atoms with E-state index in [1.807, 2.05) is 6.07 Å². The Bertz CT molecular complexity index is 555. The molecule has 2 unspecified atom stereocenters. The maximum absolute atomic E-state index is 10.7. The summed E-state index contributed by atoms with van der Waals surface area (Å²) in [4.78, 5) is 10.7. The zero-order valence-corrected chi connectivity index (χ0v) is 10.9. The van der Waals surface area contributed by atoms with Gasteiger partial charge in [0.25, 0.3) is 0 Å². The average molecular weight is 246 g/mol. The van der Waals surface area contributed by atoms with Crippen LogP contribution in [0, 0.1) is 0 Å². The minimum Gasteiger partial charge on any atom is -0.456 e. The molecule has 0 radical (unpaired) electrons. The molecule has 0 saturated carbocycles. The van der Waals surface area contributed by atoms with Gasteiger partial charge in [-0.1, -0.05) is 20.3 Å². The molecule has 0 saturated heterocycles. The molecule has 0 amide bonds. The lowest BCUT2D eigenvalue weighted by molar-refractivity contribution is -0.107. The van der Waals surface area contributed by atoms with Gasteiger partial charge in [0.15, 0.2) is 0 Å². The van der Waals surface area contributed by atoms with Gasteiger partial charge in [-0.3, -0.25) is 0 Å². The van der Waals surface area contributed by atoms with Crippen LogP contribution in [0.1, 0.15) is 62.0 Å². The van der Waals surface area contributed by atoms with Gasteiger partial charge in [-0.2, -0.15) is 0 Å². The summed E-state index contributed by atoms with van der Waals surface area (Å²) in [5.74, 6) is 0. The minimum absolute atomic E-state index is 0.151. The van der Waals surface area contributed by atoms with Crippen LogP contribution in [0.2, 0.25) is 0 Å². The van der Waals surface area contributed by atoms with Crippen molar-refractivity contribution in [3.8, 4) is 0 Å². The fraction of sp³-hybridized carbons (Fsp3) is 0.533. The highest BCUT2D eigenvalue weighted by Crippen LogP contribution is 2.50. The number of rotatable bonds is 5. The van der Waals surface area contributed by atoms with Crippen molar-refractivity contribution in [2.75, 3.05) is 0 Å². The molecule has 1 aliphatic rings. The highest BCUT2D eigenvalue weighted by Gasteiger charge is 2.38. The molecule has 3 nitrogen and oxygen atoms in total. The van der Waals surface area contributed by atoms with E-state index in [0.29, 0.717) is 6.42 Å². The van der Waals surface area contributed by atoms with E-state index in [4.69, 9.17) is 9.15 Å². The maximum atomic E-state index is 10.7. The average Bonchev–Trinajstić information content (AvgIpc) is 3.01. The molecule has 1 aliphatic heterocycles. The van der Waals surface area contributed by atoms with Crippen LogP contribution in [0.15, 0.2) is 10.5 Å². The normalized spacial score (nSPS) is 22.8. The summed E-state index contributed by atoms with van der Waals surface area (Å²) in [6.07, 6.45) is 4.76. The van der Waals surface area contributed by atoms with E-state index in [9.17, 15) is 4.79 Å². The first kappa shape index (κ1) is 11.7. The Morgan fingerprint density at radius 2 is 2.11 bits per heavy atom. The summed E-state index contributed by atoms with van der Waals surface area (Å²) >= 11 is 0. The zero-order valence-electron chi connectivity index (χ0n) is 10.9. The van der Waals surface area contributed by atoms with Crippen LogP contribution in [0.3, 0.4) is 0 Å². The molecule has 3 heterocycles. The number of carbonyl (C=O) groups excluding carboxylic acids is 1. The Morgan fingerprint density at radius 3 is 2.78 bits per heavy atom. The predicted octanol–water partition coefficient (Wildman–Crippen LogP) is 3.93. The lowest BCUT2D eigenvalue weighted by Crippen LogP contribution is -1.98. The van der Waals surface area contributed by atoms with Crippen LogP contribution in [-0.4, -0.2) is 6.29 Å². The summed E-state index contributed by atoms with van der Waals surface area (Å²) in [5.41, 5.74) is 5.29. The number of fused-ring (bicyclic) bond motifs is 5. The standard InChI is InChI=1S/C15H18O3/c1-3-5-11-14-13(10(4-2)17-11)12-8-9(6-7-16)15(14)18-12/h7-8,10-11H,3-6H2,1-2H3. The molecule has 0 N–H and O–H groups in total. The zero-order chi connectivity index (χ0) is 12.7. The topological polar surface area (TPSA) is 39.4 Å². The molecule has 0 fully saturated rings. The smallest absolute Gasteiger partial charge is 0.137 e. The number of carbonyl (C=O) groups is 1. The molecular weight excluding hydrogens is 228 g/mol. The Morgan fingerprint density at radius 1 is 1.28 bits per heavy atom. The molecular formula is C15H18O3. The lowest BCUT2D eigenvalue weighted by atomic mass is 9.96. The number of benzene rings is 1. The van der Waals surface area contributed by atoms with Gasteiger partial charge in [0, 0.05) is 23.1 Å². The Kier molecular flexibility index (Phi) is 2.86. The fourth-order valence-electron chi connectivity index (χ4n) is 3.05. The first-order chi connectivity index (χ1) is 8.80. The number of ether oxygens (including phenoxy) is 1. The van der Waals surface area contributed by atoms with Crippen LogP contribution >= 0.6 is 0 Å². The van der Waals surface area contributed by atoms with Crippen molar-refractivity contribution < 1.29 is 13.9 Å². The molecule has 18 heavy (non-hydrogen) atoms. The van der Waals surface area contributed by atoms with Gasteiger partial charge < -0.3 is 13.9 Å². The molecule has 2 atom stereocenters.